The molecule has 0 bridgehead atoms. The molecule has 0 spiro atoms. The number of rotatable bonds is 0. The van der Waals surface area contributed by atoms with Gasteiger partial charge in [0.25, 0.3) is 0 Å². The van der Waals surface area contributed by atoms with E-state index in [-0.39, 0.29) is 0 Å². The molecular formula is C8Cl16. The second kappa shape index (κ2) is 7.08. The third-order valence-corrected chi connectivity index (χ3v) is 12.3. The molecule has 0 aliphatic heterocycles. The Morgan fingerprint density at radius 2 is 0.500 bits per heavy atom. The van der Waals surface area contributed by atoms with Gasteiger partial charge in [-0.25, -0.2) is 0 Å². The zero-order chi connectivity index (χ0) is 20.0. The largest absolute Gasteiger partial charge is 0.206 e. The Morgan fingerprint density at radius 1 is 0.333 bits per heavy atom. The van der Waals surface area contributed by atoms with Crippen molar-refractivity contribution < 1.29 is 0 Å². The van der Waals surface area contributed by atoms with E-state index in [4.69, 9.17) is 186 Å². The number of hydrogen-bond acceptors (Lipinski definition) is 0. The molecular weight excluding hydrogens is 663 g/mol. The van der Waals surface area contributed by atoms with Gasteiger partial charge in [0.05, 0.1) is 0 Å². The van der Waals surface area contributed by atoms with E-state index in [1.807, 2.05) is 0 Å². The van der Waals surface area contributed by atoms with Crippen molar-refractivity contribution in [2.75, 3.05) is 0 Å². The van der Waals surface area contributed by atoms with E-state index < -0.39 is 34.7 Å². The molecule has 1 fully saturated rings. The van der Waals surface area contributed by atoms with E-state index in [0.717, 1.165) is 0 Å². The lowest BCUT2D eigenvalue weighted by atomic mass is 9.72. The molecule has 0 atom stereocenters. The molecule has 0 nitrogen and oxygen atoms in total. The Morgan fingerprint density at radius 3 is 0.667 bits per heavy atom. The van der Waals surface area contributed by atoms with Gasteiger partial charge in [0, 0.05) is 0 Å². The SMILES string of the molecule is ClC(Cl)(Cl)C1(C(Cl)(Cl)Cl)C(Cl)(Cl)C(Cl)(Cl)C(Cl)(Cl)C(Cl)(Cl)C1(Cl)Cl. The summed E-state index contributed by atoms with van der Waals surface area (Å²) in [6.45, 7) is 0. The minimum Gasteiger partial charge on any atom is -0.0971 e. The summed E-state index contributed by atoms with van der Waals surface area (Å²) in [4.78, 5) is 0. The number of hydrogen-bond donors (Lipinski definition) is 0. The minimum absolute atomic E-state index is 2.64. The summed E-state index contributed by atoms with van der Waals surface area (Å²) in [5.41, 5.74) is -2.87. The van der Waals surface area contributed by atoms with Crippen molar-refractivity contribution in [3.63, 3.8) is 0 Å². The quantitative estimate of drug-likeness (QED) is 0.227. The Bertz CT molecular complexity index is 471. The summed E-state index contributed by atoms with van der Waals surface area (Å²) in [6, 6.07) is 0. The van der Waals surface area contributed by atoms with Crippen LogP contribution < -0.4 is 0 Å². The Kier molecular flexibility index (Phi) is 7.87. The summed E-state index contributed by atoms with van der Waals surface area (Å²) < 4.78 is -19.3. The van der Waals surface area contributed by atoms with Gasteiger partial charge in [-0.1, -0.05) is 186 Å². The molecule has 24 heavy (non-hydrogen) atoms. The van der Waals surface area contributed by atoms with Crippen LogP contribution in [0.3, 0.4) is 0 Å². The van der Waals surface area contributed by atoms with Crippen LogP contribution in [0, 0.1) is 5.41 Å². The highest BCUT2D eigenvalue weighted by Gasteiger charge is 2.95. The first-order chi connectivity index (χ1) is 10.0. The fraction of sp³-hybridized carbons (Fsp3) is 1.00. The van der Waals surface area contributed by atoms with Crippen LogP contribution in [-0.2, 0) is 0 Å². The van der Waals surface area contributed by atoms with Crippen LogP contribution in [-0.4, -0.2) is 29.3 Å². The van der Waals surface area contributed by atoms with Crippen LogP contribution in [0.15, 0.2) is 0 Å². The van der Waals surface area contributed by atoms with Gasteiger partial charge in [0.2, 0.25) is 7.59 Å². The van der Waals surface area contributed by atoms with Crippen LogP contribution in [0.5, 0.6) is 0 Å². The van der Waals surface area contributed by atoms with Crippen LogP contribution in [0.1, 0.15) is 0 Å². The molecule has 0 heterocycles. The maximum absolute atomic E-state index is 6.29. The van der Waals surface area contributed by atoms with Crippen molar-refractivity contribution in [2.45, 2.75) is 29.3 Å². The van der Waals surface area contributed by atoms with Crippen molar-refractivity contribution in [3.8, 4) is 0 Å². The van der Waals surface area contributed by atoms with Crippen LogP contribution in [0.4, 0.5) is 0 Å². The first kappa shape index (κ1) is 26.7. The van der Waals surface area contributed by atoms with Crippen molar-refractivity contribution in [3.05, 3.63) is 0 Å². The molecule has 0 aromatic carbocycles. The fourth-order valence-electron chi connectivity index (χ4n) is 2.13. The third-order valence-electron chi connectivity index (χ3n) is 3.37. The highest BCUT2D eigenvalue weighted by molar-refractivity contribution is 6.82. The fourth-order valence-corrected chi connectivity index (χ4v) is 11.0. The molecule has 144 valence electrons. The maximum Gasteiger partial charge on any atom is 0.206 e. The summed E-state index contributed by atoms with van der Waals surface area (Å²) in [5, 5.41) is 0. The van der Waals surface area contributed by atoms with Crippen molar-refractivity contribution in [2.24, 2.45) is 5.41 Å². The predicted octanol–water partition coefficient (Wildman–Crippen LogP) is 9.60. The van der Waals surface area contributed by atoms with Crippen LogP contribution >= 0.6 is 186 Å². The monoisotopic (exact) mass is 656 g/mol. The van der Waals surface area contributed by atoms with Gasteiger partial charge in [-0.05, 0) is 0 Å². The zero-order valence-corrected chi connectivity index (χ0v) is 22.1. The first-order valence-electron chi connectivity index (χ1n) is 5.02. The van der Waals surface area contributed by atoms with Gasteiger partial charge in [-0.2, -0.15) is 0 Å². The van der Waals surface area contributed by atoms with Gasteiger partial charge in [0.15, 0.2) is 21.7 Å². The van der Waals surface area contributed by atoms with E-state index in [1.54, 1.807) is 0 Å². The molecule has 0 unspecified atom stereocenters. The lowest BCUT2D eigenvalue weighted by Crippen LogP contribution is -2.84. The van der Waals surface area contributed by atoms with Crippen molar-refractivity contribution in [1.29, 1.82) is 0 Å². The smallest absolute Gasteiger partial charge is 0.0971 e. The second-order valence-electron chi connectivity index (χ2n) is 4.62. The van der Waals surface area contributed by atoms with E-state index in [0.29, 0.717) is 0 Å². The Balaban J connectivity index is 4.23. The van der Waals surface area contributed by atoms with Gasteiger partial charge < -0.3 is 0 Å². The Labute approximate surface area is 217 Å². The minimum atomic E-state index is -2.87. The Hall–Kier alpha value is 4.64. The van der Waals surface area contributed by atoms with Crippen molar-refractivity contribution >= 4 is 186 Å². The zero-order valence-electron chi connectivity index (χ0n) is 10.0. The van der Waals surface area contributed by atoms with E-state index in [9.17, 15) is 0 Å². The molecule has 0 radical (unpaired) electrons. The van der Waals surface area contributed by atoms with Crippen LogP contribution in [0.2, 0.25) is 0 Å². The second-order valence-corrected chi connectivity index (χ2v) is 15.8. The summed E-state index contributed by atoms with van der Waals surface area (Å²) in [7, 11) is 0. The molecule has 0 aromatic heterocycles. The highest BCUT2D eigenvalue weighted by atomic mass is 35.6. The van der Waals surface area contributed by atoms with E-state index >= 15 is 0 Å². The average molecular weight is 663 g/mol. The molecule has 0 aromatic rings. The number of halogens is 16. The average Bonchev–Trinajstić information content (AvgIpc) is 2.21. The van der Waals surface area contributed by atoms with Crippen molar-refractivity contribution in [1.82, 2.24) is 0 Å². The standard InChI is InChI=1S/C8Cl16/c9-2(10)1(7(19,20)21,8(22,23)24)3(11,12)5(15,16)6(17,18)4(2,13)14. The molecule has 1 saturated carbocycles. The summed E-state index contributed by atoms with van der Waals surface area (Å²) in [5.74, 6) is 0. The van der Waals surface area contributed by atoms with Gasteiger partial charge >= 0.3 is 0 Å². The normalized spacial score (nSPS) is 30.0. The molecule has 0 N–H and O–H groups in total. The first-order valence-corrected chi connectivity index (χ1v) is 11.1. The van der Waals surface area contributed by atoms with Gasteiger partial charge in [-0.15, -0.1) is 0 Å². The van der Waals surface area contributed by atoms with Gasteiger partial charge in [0.1, 0.15) is 5.41 Å². The predicted molar refractivity (Wildman–Crippen MR) is 115 cm³/mol. The summed E-state index contributed by atoms with van der Waals surface area (Å²) in [6.07, 6.45) is 0. The maximum atomic E-state index is 6.29. The lowest BCUT2D eigenvalue weighted by Gasteiger charge is -2.68. The molecule has 0 amide bonds. The topological polar surface area (TPSA) is 0 Å². The third kappa shape index (κ3) is 2.98. The molecule has 0 saturated heterocycles. The number of alkyl halides is 16. The van der Waals surface area contributed by atoms with Gasteiger partial charge in [-0.3, -0.25) is 0 Å². The molecule has 1 rings (SSSR count). The lowest BCUT2D eigenvalue weighted by molar-refractivity contribution is 0.139. The van der Waals surface area contributed by atoms with E-state index in [1.165, 1.54) is 0 Å². The molecule has 16 heteroatoms. The van der Waals surface area contributed by atoms with E-state index in [2.05, 4.69) is 0 Å². The highest BCUT2D eigenvalue weighted by Crippen LogP contribution is 2.85. The van der Waals surface area contributed by atoms with Crippen LogP contribution in [0.25, 0.3) is 0 Å². The molecule has 1 aliphatic carbocycles. The summed E-state index contributed by atoms with van der Waals surface area (Å²) >= 11 is 97.9. The molecule has 1 aliphatic rings.